The van der Waals surface area contributed by atoms with Crippen LogP contribution < -0.4 is 10.3 Å². The molecule has 2 heterocycles. The van der Waals surface area contributed by atoms with Crippen molar-refractivity contribution in [2.45, 2.75) is 13.5 Å². The lowest BCUT2D eigenvalue weighted by Crippen LogP contribution is -2.02. The van der Waals surface area contributed by atoms with Crippen molar-refractivity contribution in [2.24, 2.45) is 0 Å². The summed E-state index contributed by atoms with van der Waals surface area (Å²) in [6.45, 7) is 2.18. The first kappa shape index (κ1) is 15.1. The molecule has 124 valence electrons. The van der Waals surface area contributed by atoms with Crippen LogP contribution in [0.3, 0.4) is 0 Å². The Balaban J connectivity index is 1.53. The summed E-state index contributed by atoms with van der Waals surface area (Å²) in [6.07, 6.45) is 0. The quantitative estimate of drug-likeness (QED) is 0.618. The van der Waals surface area contributed by atoms with Gasteiger partial charge in [0.25, 0.3) is 0 Å². The van der Waals surface area contributed by atoms with E-state index in [9.17, 15) is 4.79 Å². The standard InChI is InChI=1S/C19H15N3O3/c1-12-20-19(22-25-12)15-4-2-3-13(9-15)11-24-16-6-7-17-14(10-16)5-8-18(23)21-17/h2-10H,11H2,1H3,(H,21,23). The number of benzene rings is 2. The molecule has 0 aliphatic rings. The molecule has 0 unspecified atom stereocenters. The highest BCUT2D eigenvalue weighted by Gasteiger charge is 2.07. The maximum atomic E-state index is 11.3. The van der Waals surface area contributed by atoms with Crippen LogP contribution in [0.15, 0.2) is 63.9 Å². The Morgan fingerprint density at radius 2 is 2.04 bits per heavy atom. The van der Waals surface area contributed by atoms with Gasteiger partial charge in [0.05, 0.1) is 0 Å². The molecule has 0 saturated carbocycles. The predicted molar refractivity (Wildman–Crippen MR) is 93.4 cm³/mol. The fraction of sp³-hybridized carbons (Fsp3) is 0.105. The molecule has 2 aromatic heterocycles. The van der Waals surface area contributed by atoms with Gasteiger partial charge in [0.2, 0.25) is 17.3 Å². The zero-order chi connectivity index (χ0) is 17.2. The molecule has 0 radical (unpaired) electrons. The lowest BCUT2D eigenvalue weighted by molar-refractivity contribution is 0.306. The second-order valence-corrected chi connectivity index (χ2v) is 5.70. The lowest BCUT2D eigenvalue weighted by Gasteiger charge is -2.08. The summed E-state index contributed by atoms with van der Waals surface area (Å²) in [5.74, 6) is 1.83. The van der Waals surface area contributed by atoms with Crippen LogP contribution in [0, 0.1) is 6.92 Å². The Kier molecular flexibility index (Phi) is 3.78. The van der Waals surface area contributed by atoms with E-state index >= 15 is 0 Å². The lowest BCUT2D eigenvalue weighted by atomic mass is 10.1. The molecule has 6 heteroatoms. The second-order valence-electron chi connectivity index (χ2n) is 5.70. The summed E-state index contributed by atoms with van der Waals surface area (Å²) in [6, 6.07) is 16.7. The highest BCUT2D eigenvalue weighted by Crippen LogP contribution is 2.21. The molecule has 4 rings (SSSR count). The van der Waals surface area contributed by atoms with Gasteiger partial charge in [-0.1, -0.05) is 23.4 Å². The van der Waals surface area contributed by atoms with Gasteiger partial charge in [-0.3, -0.25) is 4.79 Å². The first-order chi connectivity index (χ1) is 12.2. The first-order valence-electron chi connectivity index (χ1n) is 7.83. The highest BCUT2D eigenvalue weighted by atomic mass is 16.5. The van der Waals surface area contributed by atoms with Crippen LogP contribution in [0.1, 0.15) is 11.5 Å². The van der Waals surface area contributed by atoms with Gasteiger partial charge in [-0.05, 0) is 35.9 Å². The zero-order valence-electron chi connectivity index (χ0n) is 13.5. The topological polar surface area (TPSA) is 81.0 Å². The Morgan fingerprint density at radius 1 is 1.12 bits per heavy atom. The van der Waals surface area contributed by atoms with Crippen molar-refractivity contribution >= 4 is 10.9 Å². The van der Waals surface area contributed by atoms with E-state index in [0.717, 1.165) is 27.8 Å². The third-order valence-electron chi connectivity index (χ3n) is 3.81. The number of nitrogens with one attached hydrogen (secondary N) is 1. The van der Waals surface area contributed by atoms with E-state index in [-0.39, 0.29) is 5.56 Å². The third kappa shape index (κ3) is 3.28. The average molecular weight is 333 g/mol. The molecule has 0 saturated heterocycles. The molecule has 4 aromatic rings. The minimum atomic E-state index is -0.116. The van der Waals surface area contributed by atoms with Gasteiger partial charge < -0.3 is 14.2 Å². The van der Waals surface area contributed by atoms with Crippen LogP contribution in [0.5, 0.6) is 5.75 Å². The van der Waals surface area contributed by atoms with Gasteiger partial charge in [-0.15, -0.1) is 0 Å². The Bertz CT molecular complexity index is 1100. The molecule has 0 aliphatic heterocycles. The molecule has 0 fully saturated rings. The van der Waals surface area contributed by atoms with Gasteiger partial charge in [-0.2, -0.15) is 4.98 Å². The van der Waals surface area contributed by atoms with Gasteiger partial charge in [0.15, 0.2) is 0 Å². The highest BCUT2D eigenvalue weighted by molar-refractivity contribution is 5.79. The summed E-state index contributed by atoms with van der Waals surface area (Å²) < 4.78 is 10.9. The Morgan fingerprint density at radius 3 is 2.88 bits per heavy atom. The van der Waals surface area contributed by atoms with E-state index in [0.29, 0.717) is 18.3 Å². The SMILES string of the molecule is Cc1nc(-c2cccc(COc3ccc4[nH]c(=O)ccc4c3)c2)no1. The molecule has 6 nitrogen and oxygen atoms in total. The van der Waals surface area contributed by atoms with Crippen LogP contribution in [-0.4, -0.2) is 15.1 Å². The first-order valence-corrected chi connectivity index (χ1v) is 7.83. The molecule has 0 spiro atoms. The van der Waals surface area contributed by atoms with Crippen LogP contribution in [0.2, 0.25) is 0 Å². The third-order valence-corrected chi connectivity index (χ3v) is 3.81. The smallest absolute Gasteiger partial charge is 0.248 e. The minimum Gasteiger partial charge on any atom is -0.489 e. The number of aromatic amines is 1. The maximum Gasteiger partial charge on any atom is 0.248 e. The molecule has 0 aliphatic carbocycles. The number of hydrogen-bond donors (Lipinski definition) is 1. The fourth-order valence-corrected chi connectivity index (χ4v) is 2.61. The predicted octanol–water partition coefficient (Wildman–Crippen LogP) is 3.47. The van der Waals surface area contributed by atoms with Crippen LogP contribution in [0.25, 0.3) is 22.3 Å². The maximum absolute atomic E-state index is 11.3. The van der Waals surface area contributed by atoms with Crippen LogP contribution >= 0.6 is 0 Å². The normalized spacial score (nSPS) is 10.9. The van der Waals surface area contributed by atoms with E-state index in [1.54, 1.807) is 13.0 Å². The van der Waals surface area contributed by atoms with Gasteiger partial charge in [0.1, 0.15) is 12.4 Å². The van der Waals surface area contributed by atoms with Crippen molar-refractivity contribution in [1.82, 2.24) is 15.1 Å². The van der Waals surface area contributed by atoms with Crippen molar-refractivity contribution in [3.05, 3.63) is 76.4 Å². The van der Waals surface area contributed by atoms with Gasteiger partial charge in [0, 0.05) is 29.5 Å². The van der Waals surface area contributed by atoms with E-state index in [1.807, 2.05) is 42.5 Å². The Labute approximate surface area is 143 Å². The number of pyridine rings is 1. The van der Waals surface area contributed by atoms with Gasteiger partial charge in [-0.25, -0.2) is 0 Å². The van der Waals surface area contributed by atoms with Gasteiger partial charge >= 0.3 is 0 Å². The summed E-state index contributed by atoms with van der Waals surface area (Å²) in [7, 11) is 0. The molecule has 1 N–H and O–H groups in total. The van der Waals surface area contributed by atoms with Crippen molar-refractivity contribution in [1.29, 1.82) is 0 Å². The number of H-pyrrole nitrogens is 1. The minimum absolute atomic E-state index is 0.116. The number of aromatic nitrogens is 3. The van der Waals surface area contributed by atoms with E-state index in [2.05, 4.69) is 15.1 Å². The van der Waals surface area contributed by atoms with Crippen molar-refractivity contribution in [3.63, 3.8) is 0 Å². The fourth-order valence-electron chi connectivity index (χ4n) is 2.61. The van der Waals surface area contributed by atoms with E-state index in [4.69, 9.17) is 9.26 Å². The van der Waals surface area contributed by atoms with E-state index in [1.165, 1.54) is 6.07 Å². The molecular formula is C19H15N3O3. The summed E-state index contributed by atoms with van der Waals surface area (Å²) in [5, 5.41) is 4.85. The van der Waals surface area contributed by atoms with Crippen LogP contribution in [-0.2, 0) is 6.61 Å². The molecular weight excluding hydrogens is 318 g/mol. The number of ether oxygens (including phenoxy) is 1. The summed E-state index contributed by atoms with van der Waals surface area (Å²) in [5.41, 5.74) is 2.56. The number of rotatable bonds is 4. The van der Waals surface area contributed by atoms with Crippen molar-refractivity contribution < 1.29 is 9.26 Å². The molecule has 0 atom stereocenters. The number of aryl methyl sites for hydroxylation is 1. The number of fused-ring (bicyclic) bond motifs is 1. The molecule has 2 aromatic carbocycles. The monoisotopic (exact) mass is 333 g/mol. The zero-order valence-corrected chi connectivity index (χ0v) is 13.5. The second kappa shape index (κ2) is 6.24. The van der Waals surface area contributed by atoms with Crippen molar-refractivity contribution in [2.75, 3.05) is 0 Å². The molecule has 25 heavy (non-hydrogen) atoms. The Hall–Kier alpha value is -3.41. The summed E-state index contributed by atoms with van der Waals surface area (Å²) >= 11 is 0. The van der Waals surface area contributed by atoms with Crippen LogP contribution in [0.4, 0.5) is 0 Å². The number of nitrogens with zero attached hydrogens (tertiary/aromatic N) is 2. The molecule has 0 bridgehead atoms. The average Bonchev–Trinajstić information content (AvgIpc) is 3.07. The number of hydrogen-bond acceptors (Lipinski definition) is 5. The summed E-state index contributed by atoms with van der Waals surface area (Å²) in [4.78, 5) is 18.3. The molecule has 0 amide bonds. The van der Waals surface area contributed by atoms with E-state index < -0.39 is 0 Å². The van der Waals surface area contributed by atoms with Crippen molar-refractivity contribution in [3.8, 4) is 17.1 Å². The largest absolute Gasteiger partial charge is 0.489 e.